The zero-order chi connectivity index (χ0) is 21.5. The van der Waals surface area contributed by atoms with Crippen molar-refractivity contribution in [2.24, 2.45) is 16.6 Å². The maximum Gasteiger partial charge on any atom is 0.296 e. The van der Waals surface area contributed by atoms with Gasteiger partial charge in [0, 0.05) is 37.2 Å². The SMILES string of the molecule is CCn1ncc2c(NC3CCC(=O)CC3)c(C3=NOC(C(N)=O)(C(N)=O)C3)cnc21. The zero-order valence-corrected chi connectivity index (χ0v) is 16.6. The van der Waals surface area contributed by atoms with Gasteiger partial charge in [-0.3, -0.25) is 14.4 Å². The summed E-state index contributed by atoms with van der Waals surface area (Å²) in [7, 11) is 0. The number of nitrogens with two attached hydrogens (primary N) is 2. The van der Waals surface area contributed by atoms with Crippen molar-refractivity contribution in [3.63, 3.8) is 0 Å². The molecule has 0 spiro atoms. The van der Waals surface area contributed by atoms with Gasteiger partial charge in [0.2, 0.25) is 0 Å². The fourth-order valence-corrected chi connectivity index (χ4v) is 3.88. The summed E-state index contributed by atoms with van der Waals surface area (Å²) in [6, 6.07) is 0.0805. The number of anilines is 1. The predicted molar refractivity (Wildman–Crippen MR) is 107 cm³/mol. The maximum absolute atomic E-state index is 11.9. The highest BCUT2D eigenvalue weighted by Gasteiger charge is 2.51. The summed E-state index contributed by atoms with van der Waals surface area (Å²) in [6.07, 6.45) is 5.58. The Bertz CT molecular complexity index is 1050. The van der Waals surface area contributed by atoms with Crippen LogP contribution in [-0.4, -0.2) is 49.7 Å². The summed E-state index contributed by atoms with van der Waals surface area (Å²) in [5.74, 6) is -1.74. The van der Waals surface area contributed by atoms with Crippen LogP contribution < -0.4 is 16.8 Å². The molecule has 1 aliphatic carbocycles. The van der Waals surface area contributed by atoms with Crippen LogP contribution in [0.5, 0.6) is 0 Å². The number of oxime groups is 1. The highest BCUT2D eigenvalue weighted by Crippen LogP contribution is 2.34. The first-order valence-corrected chi connectivity index (χ1v) is 9.83. The number of rotatable bonds is 6. The molecule has 0 atom stereocenters. The molecule has 0 unspecified atom stereocenters. The Labute approximate surface area is 171 Å². The lowest BCUT2D eigenvalue weighted by atomic mass is 9.91. The summed E-state index contributed by atoms with van der Waals surface area (Å²) in [5.41, 5.74) is 11.0. The molecule has 0 aromatic carbocycles. The number of hydrogen-bond donors (Lipinski definition) is 3. The van der Waals surface area contributed by atoms with Crippen LogP contribution in [0.25, 0.3) is 11.0 Å². The molecular formula is C19H23N7O4. The number of aryl methyl sites for hydroxylation is 1. The average molecular weight is 413 g/mol. The number of primary amides is 2. The van der Waals surface area contributed by atoms with Crippen molar-refractivity contribution in [2.75, 3.05) is 5.32 Å². The lowest BCUT2D eigenvalue weighted by Gasteiger charge is -2.25. The van der Waals surface area contributed by atoms with Gasteiger partial charge in [0.1, 0.15) is 5.78 Å². The lowest BCUT2D eigenvalue weighted by molar-refractivity contribution is -0.153. The molecule has 5 N–H and O–H groups in total. The Morgan fingerprint density at radius 2 is 1.97 bits per heavy atom. The van der Waals surface area contributed by atoms with Crippen LogP contribution in [0, 0.1) is 0 Å². The third kappa shape index (κ3) is 3.15. The van der Waals surface area contributed by atoms with E-state index in [9.17, 15) is 14.4 Å². The number of nitrogens with zero attached hydrogens (tertiary/aromatic N) is 4. The monoisotopic (exact) mass is 413 g/mol. The normalized spacial score (nSPS) is 18.8. The first kappa shape index (κ1) is 19.8. The molecule has 2 aromatic heterocycles. The van der Waals surface area contributed by atoms with Gasteiger partial charge in [0.05, 0.1) is 29.4 Å². The number of hydrogen-bond acceptors (Lipinski definition) is 8. The van der Waals surface area contributed by atoms with Crippen LogP contribution in [0.3, 0.4) is 0 Å². The Balaban J connectivity index is 1.75. The van der Waals surface area contributed by atoms with E-state index in [4.69, 9.17) is 16.3 Å². The van der Waals surface area contributed by atoms with Gasteiger partial charge in [-0.2, -0.15) is 5.10 Å². The highest BCUT2D eigenvalue weighted by atomic mass is 16.7. The van der Waals surface area contributed by atoms with Gasteiger partial charge in [-0.25, -0.2) is 9.67 Å². The number of carbonyl (C=O) groups excluding carboxylic acids is 3. The van der Waals surface area contributed by atoms with Gasteiger partial charge >= 0.3 is 0 Å². The molecule has 0 radical (unpaired) electrons. The van der Waals surface area contributed by atoms with Crippen molar-refractivity contribution in [1.82, 2.24) is 14.8 Å². The number of nitrogens with one attached hydrogen (secondary N) is 1. The molecule has 30 heavy (non-hydrogen) atoms. The summed E-state index contributed by atoms with van der Waals surface area (Å²) >= 11 is 0. The molecule has 158 valence electrons. The number of carbonyl (C=O) groups is 3. The fraction of sp³-hybridized carbons (Fsp3) is 0.474. The minimum atomic E-state index is -2.02. The summed E-state index contributed by atoms with van der Waals surface area (Å²) in [5, 5.41) is 12.6. The maximum atomic E-state index is 11.9. The van der Waals surface area contributed by atoms with E-state index in [0.717, 1.165) is 5.39 Å². The number of fused-ring (bicyclic) bond motifs is 1. The second kappa shape index (κ2) is 7.39. The van der Waals surface area contributed by atoms with Crippen molar-refractivity contribution < 1.29 is 19.2 Å². The van der Waals surface area contributed by atoms with Crippen molar-refractivity contribution in [2.45, 2.75) is 57.2 Å². The molecule has 2 amide bonds. The molecule has 3 heterocycles. The molecule has 1 aliphatic heterocycles. The second-order valence-corrected chi connectivity index (χ2v) is 7.56. The van der Waals surface area contributed by atoms with Gasteiger partial charge in [-0.1, -0.05) is 5.16 Å². The van der Waals surface area contributed by atoms with Gasteiger partial charge in [-0.15, -0.1) is 0 Å². The zero-order valence-electron chi connectivity index (χ0n) is 16.6. The van der Waals surface area contributed by atoms with Crippen LogP contribution in [0.1, 0.15) is 44.6 Å². The van der Waals surface area contributed by atoms with Gasteiger partial charge < -0.3 is 21.6 Å². The second-order valence-electron chi connectivity index (χ2n) is 7.56. The molecule has 1 fully saturated rings. The number of ketones is 1. The van der Waals surface area contributed by atoms with Crippen LogP contribution in [0.2, 0.25) is 0 Å². The van der Waals surface area contributed by atoms with E-state index < -0.39 is 17.4 Å². The van der Waals surface area contributed by atoms with E-state index in [0.29, 0.717) is 54.8 Å². The fourth-order valence-electron chi connectivity index (χ4n) is 3.88. The van der Waals surface area contributed by atoms with Crippen LogP contribution in [-0.2, 0) is 25.8 Å². The molecule has 2 aliphatic rings. The van der Waals surface area contributed by atoms with Crippen molar-refractivity contribution in [1.29, 1.82) is 0 Å². The number of amides is 2. The molecule has 0 bridgehead atoms. The van der Waals surface area contributed by atoms with Gasteiger partial charge in [0.25, 0.3) is 17.4 Å². The molecule has 4 rings (SSSR count). The standard InChI is InChI=1S/C19H23N7O4/c1-2-26-16-13(9-23-26)15(24-10-3-5-11(27)6-4-10)12(8-22-16)14-7-19(17(20)28,18(21)29)30-25-14/h8-10H,2-7H2,1H3,(H2,20,28)(H2,21,29)(H,22,24). The number of pyridine rings is 1. The van der Waals surface area contributed by atoms with E-state index >= 15 is 0 Å². The molecule has 1 saturated carbocycles. The molecule has 11 heteroatoms. The van der Waals surface area contributed by atoms with E-state index in [1.54, 1.807) is 17.1 Å². The van der Waals surface area contributed by atoms with E-state index in [-0.39, 0.29) is 18.2 Å². The highest BCUT2D eigenvalue weighted by molar-refractivity contribution is 6.18. The van der Waals surface area contributed by atoms with E-state index in [2.05, 4.69) is 20.6 Å². The Morgan fingerprint density at radius 3 is 2.57 bits per heavy atom. The minimum absolute atomic E-state index is 0.0805. The van der Waals surface area contributed by atoms with Crippen molar-refractivity contribution in [3.05, 3.63) is 18.0 Å². The largest absolute Gasteiger partial charge is 0.381 e. The topological polar surface area (TPSA) is 168 Å². The summed E-state index contributed by atoms with van der Waals surface area (Å²) in [4.78, 5) is 45.0. The summed E-state index contributed by atoms with van der Waals surface area (Å²) < 4.78 is 1.76. The minimum Gasteiger partial charge on any atom is -0.381 e. The first-order valence-electron chi connectivity index (χ1n) is 9.83. The summed E-state index contributed by atoms with van der Waals surface area (Å²) in [6.45, 7) is 2.61. The number of aromatic nitrogens is 3. The van der Waals surface area contributed by atoms with E-state index in [1.165, 1.54) is 0 Å². The van der Waals surface area contributed by atoms with Gasteiger partial charge in [0.15, 0.2) is 5.65 Å². The van der Waals surface area contributed by atoms with Crippen LogP contribution in [0.15, 0.2) is 17.5 Å². The molecule has 2 aromatic rings. The van der Waals surface area contributed by atoms with Gasteiger partial charge in [-0.05, 0) is 19.8 Å². The van der Waals surface area contributed by atoms with E-state index in [1.807, 2.05) is 6.92 Å². The molecule has 0 saturated heterocycles. The smallest absolute Gasteiger partial charge is 0.296 e. The quantitative estimate of drug-likeness (QED) is 0.569. The third-order valence-corrected chi connectivity index (χ3v) is 5.69. The predicted octanol–water partition coefficient (Wildman–Crippen LogP) is 0.209. The average Bonchev–Trinajstić information content (AvgIpc) is 3.35. The lowest BCUT2D eigenvalue weighted by Crippen LogP contribution is -2.54. The van der Waals surface area contributed by atoms with Crippen molar-refractivity contribution >= 4 is 40.0 Å². The Kier molecular flexibility index (Phi) is 4.88. The van der Waals surface area contributed by atoms with Crippen molar-refractivity contribution in [3.8, 4) is 0 Å². The van der Waals surface area contributed by atoms with Crippen LogP contribution in [0.4, 0.5) is 5.69 Å². The Morgan fingerprint density at radius 1 is 1.27 bits per heavy atom. The molecule has 11 nitrogen and oxygen atoms in total. The number of Topliss-reactive ketones (excluding diaryl/α,β-unsaturated/α-hetero) is 1. The Hall–Kier alpha value is -3.50. The molecular weight excluding hydrogens is 390 g/mol. The first-order chi connectivity index (χ1) is 14.4. The third-order valence-electron chi connectivity index (χ3n) is 5.69. The van der Waals surface area contributed by atoms with Crippen LogP contribution >= 0.6 is 0 Å².